The van der Waals surface area contributed by atoms with Crippen molar-refractivity contribution >= 4 is 23.3 Å². The molecule has 2 amide bonds. The normalized spacial score (nSPS) is 17.8. The minimum Gasteiger partial charge on any atom is -0.444 e. The van der Waals surface area contributed by atoms with Gasteiger partial charge in [0.1, 0.15) is 5.60 Å². The van der Waals surface area contributed by atoms with Crippen LogP contribution in [0.25, 0.3) is 0 Å². The van der Waals surface area contributed by atoms with Crippen LogP contribution in [0.4, 0.5) is 4.79 Å². The highest BCUT2D eigenvalue weighted by atomic mass is 32.1. The van der Waals surface area contributed by atoms with Gasteiger partial charge in [0.2, 0.25) is 5.91 Å². The van der Waals surface area contributed by atoms with Crippen LogP contribution in [0.3, 0.4) is 0 Å². The Labute approximate surface area is 135 Å². The quantitative estimate of drug-likeness (QED) is 0.929. The zero-order chi connectivity index (χ0) is 16.3. The van der Waals surface area contributed by atoms with Gasteiger partial charge in [-0.15, -0.1) is 11.3 Å². The number of ether oxygens (including phenoxy) is 1. The van der Waals surface area contributed by atoms with E-state index in [0.717, 1.165) is 13.0 Å². The first-order valence-electron chi connectivity index (χ1n) is 7.60. The molecule has 2 heterocycles. The van der Waals surface area contributed by atoms with E-state index in [2.05, 4.69) is 23.7 Å². The third kappa shape index (κ3) is 4.22. The number of amides is 2. The number of hydrogen-bond acceptors (Lipinski definition) is 4. The van der Waals surface area contributed by atoms with E-state index in [9.17, 15) is 9.59 Å². The van der Waals surface area contributed by atoms with E-state index >= 15 is 0 Å². The summed E-state index contributed by atoms with van der Waals surface area (Å²) in [7, 11) is 0. The number of rotatable bonds is 3. The van der Waals surface area contributed by atoms with Crippen LogP contribution in [0.15, 0.2) is 11.4 Å². The molecule has 0 unspecified atom stereocenters. The SMILES string of the molecule is C[C@H]1c2ccsc2CCN1C(=O)CCNC(=O)OC(C)(C)C. The fourth-order valence-corrected chi connectivity index (χ4v) is 3.54. The lowest BCUT2D eigenvalue weighted by molar-refractivity contribution is -0.133. The minimum atomic E-state index is -0.523. The molecule has 1 N–H and O–H groups in total. The number of thiophene rings is 1. The van der Waals surface area contributed by atoms with Crippen molar-refractivity contribution in [3.63, 3.8) is 0 Å². The van der Waals surface area contributed by atoms with Crippen molar-refractivity contribution in [2.24, 2.45) is 0 Å². The van der Waals surface area contributed by atoms with Gasteiger partial charge in [-0.2, -0.15) is 0 Å². The largest absolute Gasteiger partial charge is 0.444 e. The lowest BCUT2D eigenvalue weighted by atomic mass is 10.0. The van der Waals surface area contributed by atoms with Gasteiger partial charge in [0, 0.05) is 24.4 Å². The Hall–Kier alpha value is -1.56. The molecule has 5 nitrogen and oxygen atoms in total. The predicted molar refractivity (Wildman–Crippen MR) is 87.0 cm³/mol. The summed E-state index contributed by atoms with van der Waals surface area (Å²) in [6.07, 6.45) is 0.734. The monoisotopic (exact) mass is 324 g/mol. The van der Waals surface area contributed by atoms with Gasteiger partial charge in [0.05, 0.1) is 6.04 Å². The van der Waals surface area contributed by atoms with Crippen molar-refractivity contribution in [2.45, 2.75) is 52.2 Å². The van der Waals surface area contributed by atoms with Crippen LogP contribution in [-0.4, -0.2) is 35.6 Å². The molecular formula is C16H24N2O3S. The van der Waals surface area contributed by atoms with Gasteiger partial charge in [0.15, 0.2) is 0 Å². The lowest BCUT2D eigenvalue weighted by Gasteiger charge is -2.33. The van der Waals surface area contributed by atoms with E-state index in [4.69, 9.17) is 4.74 Å². The van der Waals surface area contributed by atoms with Crippen molar-refractivity contribution in [2.75, 3.05) is 13.1 Å². The van der Waals surface area contributed by atoms with Crippen LogP contribution in [0, 0.1) is 0 Å². The highest BCUT2D eigenvalue weighted by Gasteiger charge is 2.28. The van der Waals surface area contributed by atoms with Crippen LogP contribution in [0.2, 0.25) is 0 Å². The molecule has 6 heteroatoms. The summed E-state index contributed by atoms with van der Waals surface area (Å²) in [5, 5.41) is 4.71. The second-order valence-corrected chi connectivity index (χ2v) is 7.49. The van der Waals surface area contributed by atoms with E-state index < -0.39 is 11.7 Å². The Morgan fingerprint density at radius 3 is 2.86 bits per heavy atom. The molecule has 0 aliphatic carbocycles. The average molecular weight is 324 g/mol. The highest BCUT2D eigenvalue weighted by molar-refractivity contribution is 7.10. The van der Waals surface area contributed by atoms with Gasteiger partial charge in [-0.1, -0.05) is 0 Å². The molecule has 0 saturated heterocycles. The van der Waals surface area contributed by atoms with Crippen molar-refractivity contribution in [1.82, 2.24) is 10.2 Å². The predicted octanol–water partition coefficient (Wildman–Crippen LogP) is 3.11. The summed E-state index contributed by atoms with van der Waals surface area (Å²) in [6, 6.07) is 2.22. The molecule has 1 aromatic heterocycles. The van der Waals surface area contributed by atoms with E-state index in [-0.39, 0.29) is 11.9 Å². The molecule has 0 bridgehead atoms. The van der Waals surface area contributed by atoms with Gasteiger partial charge in [-0.3, -0.25) is 4.79 Å². The lowest BCUT2D eigenvalue weighted by Crippen LogP contribution is -2.40. The number of nitrogens with one attached hydrogen (secondary N) is 1. The maximum Gasteiger partial charge on any atom is 0.407 e. The van der Waals surface area contributed by atoms with Crippen molar-refractivity contribution in [1.29, 1.82) is 0 Å². The molecule has 1 atom stereocenters. The van der Waals surface area contributed by atoms with E-state index in [0.29, 0.717) is 13.0 Å². The topological polar surface area (TPSA) is 58.6 Å². The first kappa shape index (κ1) is 16.8. The minimum absolute atomic E-state index is 0.0698. The van der Waals surface area contributed by atoms with Crippen LogP contribution in [0.5, 0.6) is 0 Å². The molecule has 1 aliphatic rings. The molecule has 2 rings (SSSR count). The zero-order valence-electron chi connectivity index (χ0n) is 13.6. The van der Waals surface area contributed by atoms with Crippen molar-refractivity contribution in [3.8, 4) is 0 Å². The van der Waals surface area contributed by atoms with Gasteiger partial charge >= 0.3 is 6.09 Å². The molecule has 0 spiro atoms. The Balaban J connectivity index is 1.80. The van der Waals surface area contributed by atoms with E-state index in [1.54, 1.807) is 11.3 Å². The first-order chi connectivity index (χ1) is 10.3. The van der Waals surface area contributed by atoms with Crippen molar-refractivity contribution < 1.29 is 14.3 Å². The van der Waals surface area contributed by atoms with Crippen LogP contribution < -0.4 is 5.32 Å². The third-order valence-corrected chi connectivity index (χ3v) is 4.60. The molecule has 0 radical (unpaired) electrons. The second-order valence-electron chi connectivity index (χ2n) is 6.49. The fraction of sp³-hybridized carbons (Fsp3) is 0.625. The first-order valence-corrected chi connectivity index (χ1v) is 8.48. The molecule has 1 aliphatic heterocycles. The summed E-state index contributed by atoms with van der Waals surface area (Å²) in [6.45, 7) is 8.54. The van der Waals surface area contributed by atoms with E-state index in [1.807, 2.05) is 25.7 Å². The zero-order valence-corrected chi connectivity index (χ0v) is 14.5. The number of hydrogen-bond donors (Lipinski definition) is 1. The molecular weight excluding hydrogens is 300 g/mol. The summed E-state index contributed by atoms with van der Waals surface area (Å²) in [4.78, 5) is 27.2. The fourth-order valence-electron chi connectivity index (χ4n) is 2.58. The van der Waals surface area contributed by atoms with Crippen LogP contribution in [-0.2, 0) is 16.0 Å². The van der Waals surface area contributed by atoms with Gasteiger partial charge in [0.25, 0.3) is 0 Å². The molecule has 22 heavy (non-hydrogen) atoms. The third-order valence-electron chi connectivity index (χ3n) is 3.60. The highest BCUT2D eigenvalue weighted by Crippen LogP contribution is 2.32. The Morgan fingerprint density at radius 1 is 1.45 bits per heavy atom. The number of alkyl carbamates (subject to hydrolysis) is 1. The van der Waals surface area contributed by atoms with Gasteiger partial charge in [-0.05, 0) is 51.1 Å². The summed E-state index contributed by atoms with van der Waals surface area (Å²) >= 11 is 1.76. The second kappa shape index (κ2) is 6.69. The Kier molecular flexibility index (Phi) is 5.11. The van der Waals surface area contributed by atoms with E-state index in [1.165, 1.54) is 10.4 Å². The Bertz CT molecular complexity index is 548. The summed E-state index contributed by atoms with van der Waals surface area (Å²) in [5.74, 6) is 0.0698. The van der Waals surface area contributed by atoms with Crippen LogP contribution >= 0.6 is 11.3 Å². The summed E-state index contributed by atoms with van der Waals surface area (Å²) in [5.41, 5.74) is 0.731. The molecule has 122 valence electrons. The molecule has 0 fully saturated rings. The average Bonchev–Trinajstić information content (AvgIpc) is 2.86. The smallest absolute Gasteiger partial charge is 0.407 e. The molecule has 0 aromatic carbocycles. The molecule has 1 aromatic rings. The summed E-state index contributed by atoms with van der Waals surface area (Å²) < 4.78 is 5.15. The molecule has 0 saturated carbocycles. The maximum atomic E-state index is 12.3. The standard InChI is InChI=1S/C16H24N2O3S/c1-11-12-7-10-22-13(12)6-9-18(11)14(19)5-8-17-15(20)21-16(2,3)4/h7,10-11H,5-6,8-9H2,1-4H3,(H,17,20)/t11-/m0/s1. The van der Waals surface area contributed by atoms with Crippen LogP contribution in [0.1, 0.15) is 50.6 Å². The number of fused-ring (bicyclic) bond motifs is 1. The Morgan fingerprint density at radius 2 is 2.18 bits per heavy atom. The van der Waals surface area contributed by atoms with Gasteiger partial charge in [-0.25, -0.2) is 4.79 Å². The number of nitrogens with zero attached hydrogens (tertiary/aromatic N) is 1. The number of carbonyl (C=O) groups excluding carboxylic acids is 2. The maximum absolute atomic E-state index is 12.3. The number of carbonyl (C=O) groups is 2. The van der Waals surface area contributed by atoms with Crippen molar-refractivity contribution in [3.05, 3.63) is 21.9 Å². The van der Waals surface area contributed by atoms with Gasteiger partial charge < -0.3 is 15.0 Å².